The Morgan fingerprint density at radius 3 is 1.41 bits per heavy atom. The van der Waals surface area contributed by atoms with Crippen LogP contribution in [0.5, 0.6) is 0 Å². The molecule has 0 saturated carbocycles. The summed E-state index contributed by atoms with van der Waals surface area (Å²) >= 11 is 0. The van der Waals surface area contributed by atoms with Crippen molar-refractivity contribution in [2.75, 3.05) is 0 Å². The van der Waals surface area contributed by atoms with Crippen molar-refractivity contribution in [3.8, 4) is 0 Å². The van der Waals surface area contributed by atoms with Crippen molar-refractivity contribution in [1.82, 2.24) is 0 Å². The number of hydrogen-bond acceptors (Lipinski definition) is 1. The van der Waals surface area contributed by atoms with E-state index >= 15 is 0 Å². The van der Waals surface area contributed by atoms with Gasteiger partial charge in [0.05, 0.1) is 0 Å². The van der Waals surface area contributed by atoms with E-state index in [0.29, 0.717) is 6.42 Å². The largest absolute Gasteiger partial charge is 0.748 e. The molecule has 0 bridgehead atoms. The quantitative estimate of drug-likeness (QED) is 0.283. The second kappa shape index (κ2) is 14.8. The predicted octanol–water partition coefficient (Wildman–Crippen LogP) is 6.10. The molecule has 0 spiro atoms. The number of hydrogen-bond donors (Lipinski definition) is 1. The summed E-state index contributed by atoms with van der Waals surface area (Å²) in [4.78, 5) is 11.8. The van der Waals surface area contributed by atoms with E-state index in [4.69, 9.17) is 0 Å². The van der Waals surface area contributed by atoms with Gasteiger partial charge in [0, 0.05) is 39.6 Å². The zero-order chi connectivity index (χ0) is 19.4. The van der Waals surface area contributed by atoms with Crippen molar-refractivity contribution in [1.29, 1.82) is 0 Å². The number of carbonyl (C=O) groups is 1. The molecule has 162 valence electrons. The molecule has 0 heterocycles. The first-order valence-corrected chi connectivity index (χ1v) is 9.23. The van der Waals surface area contributed by atoms with Crippen LogP contribution in [0.25, 0.3) is 0 Å². The molecule has 0 atom stereocenters. The summed E-state index contributed by atoms with van der Waals surface area (Å²) in [6.45, 7) is 2.02. The van der Waals surface area contributed by atoms with Gasteiger partial charge in [-0.05, 0) is 0 Å². The monoisotopic (exact) mass is 470 g/mol. The van der Waals surface area contributed by atoms with Gasteiger partial charge in [0.1, 0.15) is 0 Å². The maximum absolute atomic E-state index is 11.8. The van der Waals surface area contributed by atoms with Crippen LogP contribution in [-0.2, 0) is 44.3 Å². The number of aliphatic carboxylic acids is 1. The Balaban J connectivity index is 0.000000537. The topological polar surface area (TPSA) is 37.3 Å². The first-order chi connectivity index (χ1) is 13.2. The van der Waals surface area contributed by atoms with Gasteiger partial charge in [0.15, 0.2) is 0 Å². The maximum atomic E-state index is 11.8. The van der Waals surface area contributed by atoms with Crippen molar-refractivity contribution in [2.24, 2.45) is 0 Å². The average molecular weight is 470 g/mol. The SMILES string of the molecule is CCCC(C(=O)O)([c-]1cccc1)[c-]1cccc1.[Fe].[Fe].[cH-]1[cH-][cH-][cH-][cH-]1.c1cc[cH-]c1. The van der Waals surface area contributed by atoms with Crippen LogP contribution < -0.4 is 0 Å². The Hall–Kier alpha value is -2.09. The van der Waals surface area contributed by atoms with Crippen LogP contribution in [0.15, 0.2) is 109 Å². The number of carboxylic acid groups (broad SMARTS) is 1. The fraction of sp³-hybridized carbons (Fsp3) is 0.160. The second-order valence-corrected chi connectivity index (χ2v) is 6.23. The molecule has 4 rings (SSSR count). The fourth-order valence-electron chi connectivity index (χ4n) is 3.14. The number of rotatable bonds is 5. The summed E-state index contributed by atoms with van der Waals surface area (Å²) in [5.41, 5.74) is 0.859. The van der Waals surface area contributed by atoms with Crippen molar-refractivity contribution in [2.45, 2.75) is 25.2 Å². The molecule has 0 unspecified atom stereocenters. The molecule has 0 aromatic heterocycles. The van der Waals surface area contributed by atoms with Crippen molar-refractivity contribution in [3.05, 3.63) is 120 Å². The van der Waals surface area contributed by atoms with Gasteiger partial charge in [-0.25, -0.2) is 36.4 Å². The van der Waals surface area contributed by atoms with Gasteiger partial charge in [-0.1, -0.05) is 19.8 Å². The minimum absolute atomic E-state index is 0. The average Bonchev–Trinajstić information content (AvgIpc) is 3.49. The molecule has 0 radical (unpaired) electrons. The van der Waals surface area contributed by atoms with Gasteiger partial charge in [-0.3, -0.25) is 4.79 Å². The van der Waals surface area contributed by atoms with Crippen LogP contribution in [0, 0.1) is 0 Å². The predicted molar refractivity (Wildman–Crippen MR) is 111 cm³/mol. The third-order valence-electron chi connectivity index (χ3n) is 4.41. The summed E-state index contributed by atoms with van der Waals surface area (Å²) in [5, 5.41) is 9.70. The van der Waals surface area contributed by atoms with E-state index in [0.717, 1.165) is 17.5 Å². The molecular formula is C25H26Fe2O2-8. The van der Waals surface area contributed by atoms with E-state index < -0.39 is 11.4 Å². The van der Waals surface area contributed by atoms with E-state index in [9.17, 15) is 9.90 Å². The summed E-state index contributed by atoms with van der Waals surface area (Å²) < 4.78 is 0. The smallest absolute Gasteiger partial charge is 0.295 e. The second-order valence-electron chi connectivity index (χ2n) is 6.23. The Bertz CT molecular complexity index is 717. The molecule has 0 saturated heterocycles. The van der Waals surface area contributed by atoms with Crippen LogP contribution in [0.3, 0.4) is 0 Å². The molecule has 4 aromatic rings. The summed E-state index contributed by atoms with van der Waals surface area (Å²) in [6.07, 6.45) is 1.46. The summed E-state index contributed by atoms with van der Waals surface area (Å²) in [7, 11) is 0. The minimum Gasteiger partial charge on any atom is -0.748 e. The molecule has 0 fully saturated rings. The van der Waals surface area contributed by atoms with Gasteiger partial charge in [-0.15, -0.1) is 11.1 Å². The third-order valence-corrected chi connectivity index (χ3v) is 4.41. The Kier molecular flexibility index (Phi) is 13.8. The van der Waals surface area contributed by atoms with E-state index in [1.165, 1.54) is 0 Å². The Morgan fingerprint density at radius 1 is 0.793 bits per heavy atom. The van der Waals surface area contributed by atoms with Crippen LogP contribution >= 0.6 is 0 Å². The molecule has 4 aromatic carbocycles. The van der Waals surface area contributed by atoms with Gasteiger partial charge >= 0.3 is 0 Å². The van der Waals surface area contributed by atoms with E-state index in [2.05, 4.69) is 0 Å². The molecule has 0 aliphatic heterocycles. The van der Waals surface area contributed by atoms with E-state index in [1.54, 1.807) is 0 Å². The molecular weight excluding hydrogens is 444 g/mol. The van der Waals surface area contributed by atoms with E-state index in [1.807, 2.05) is 116 Å². The van der Waals surface area contributed by atoms with Gasteiger partial charge in [0.25, 0.3) is 5.97 Å². The van der Waals surface area contributed by atoms with Crippen molar-refractivity contribution >= 4 is 5.97 Å². The minimum atomic E-state index is -0.887. The molecule has 0 amide bonds. The molecule has 4 heteroatoms. The Morgan fingerprint density at radius 2 is 1.17 bits per heavy atom. The maximum Gasteiger partial charge on any atom is 0.295 e. The van der Waals surface area contributed by atoms with Crippen LogP contribution in [0.1, 0.15) is 30.9 Å². The molecule has 29 heavy (non-hydrogen) atoms. The zero-order valence-corrected chi connectivity index (χ0v) is 18.6. The summed E-state index contributed by atoms with van der Waals surface area (Å²) in [6, 6.07) is 35.2. The first-order valence-electron chi connectivity index (χ1n) is 9.23. The molecule has 0 aliphatic rings. The zero-order valence-electron chi connectivity index (χ0n) is 16.4. The normalized spacial score (nSPS) is 9.55. The van der Waals surface area contributed by atoms with Crippen LogP contribution in [-0.4, -0.2) is 11.1 Å². The Labute approximate surface area is 195 Å². The van der Waals surface area contributed by atoms with Crippen LogP contribution in [0.2, 0.25) is 0 Å². The third kappa shape index (κ3) is 7.68. The van der Waals surface area contributed by atoms with Crippen LogP contribution in [0.4, 0.5) is 0 Å². The molecule has 2 nitrogen and oxygen atoms in total. The van der Waals surface area contributed by atoms with E-state index in [-0.39, 0.29) is 34.1 Å². The summed E-state index contributed by atoms with van der Waals surface area (Å²) in [5.74, 6) is -0.767. The van der Waals surface area contributed by atoms with Crippen molar-refractivity contribution < 1.29 is 44.0 Å². The fourth-order valence-corrected chi connectivity index (χ4v) is 3.14. The standard InChI is InChI=1S/C15H16O2.2C5H5.2Fe/c1-2-11-15(14(16)17,12-7-3-4-8-12)13-9-5-6-10-13;2*1-2-4-5-3-1;;/h3-10H,2,11H2,1H3,(H,16,17);2*1-5H;;/q-2;-5;-1;;. The molecule has 0 aliphatic carbocycles. The first kappa shape index (κ1) is 26.9. The van der Waals surface area contributed by atoms with Gasteiger partial charge in [-0.2, -0.15) is 42.5 Å². The van der Waals surface area contributed by atoms with Gasteiger partial charge < -0.3 is 35.4 Å². The van der Waals surface area contributed by atoms with Gasteiger partial charge in [0.2, 0.25) is 0 Å². The van der Waals surface area contributed by atoms with Crippen molar-refractivity contribution in [3.63, 3.8) is 0 Å². The number of carboxylic acids is 1. The molecule has 1 N–H and O–H groups in total.